The molecule has 0 spiro atoms. The normalized spacial score (nSPS) is 17.0. The Bertz CT molecular complexity index is 745. The van der Waals surface area contributed by atoms with Crippen molar-refractivity contribution in [1.29, 1.82) is 0 Å². The van der Waals surface area contributed by atoms with Crippen LogP contribution in [-0.4, -0.2) is 35.1 Å². The number of nitrogens with zero attached hydrogens (tertiary/aromatic N) is 2. The largest absolute Gasteiger partial charge is 0.472 e. The molecule has 5 heteroatoms. The second kappa shape index (κ2) is 6.91. The fourth-order valence-corrected chi connectivity index (χ4v) is 2.79. The molecule has 1 saturated heterocycles. The number of likely N-dealkylation sites (tertiary alicyclic amines) is 1. The summed E-state index contributed by atoms with van der Waals surface area (Å²) in [6.07, 6.45) is 0.806. The van der Waals surface area contributed by atoms with Gasteiger partial charge in [0.2, 0.25) is 5.88 Å². The van der Waals surface area contributed by atoms with Gasteiger partial charge in [-0.1, -0.05) is 12.1 Å². The molecule has 3 rings (SSSR count). The van der Waals surface area contributed by atoms with Crippen molar-refractivity contribution in [3.63, 3.8) is 0 Å². The van der Waals surface area contributed by atoms with Crippen molar-refractivity contribution in [3.05, 3.63) is 53.2 Å². The van der Waals surface area contributed by atoms with Gasteiger partial charge in [-0.2, -0.15) is 0 Å². The molecule has 5 nitrogen and oxygen atoms in total. The molecule has 1 unspecified atom stereocenters. The quantitative estimate of drug-likeness (QED) is 0.936. The molecule has 2 heterocycles. The van der Waals surface area contributed by atoms with Crippen LogP contribution in [0.2, 0.25) is 0 Å². The summed E-state index contributed by atoms with van der Waals surface area (Å²) >= 11 is 0. The van der Waals surface area contributed by atoms with Crippen LogP contribution in [0.4, 0.5) is 10.5 Å². The smallest absolute Gasteiger partial charge is 0.321 e. The number of rotatable bonds is 3. The first-order valence-corrected chi connectivity index (χ1v) is 8.25. The molecule has 1 atom stereocenters. The molecule has 126 valence electrons. The van der Waals surface area contributed by atoms with E-state index in [9.17, 15) is 4.79 Å². The van der Waals surface area contributed by atoms with Crippen molar-refractivity contribution in [3.8, 4) is 5.88 Å². The maximum Gasteiger partial charge on any atom is 0.321 e. The SMILES string of the molecule is Cc1cccc(OC2CCN(C(=O)Nc3ccc(C)c(C)c3)C2)n1. The number of carbonyl (C=O) groups excluding carboxylic acids is 1. The Kier molecular flexibility index (Phi) is 4.69. The van der Waals surface area contributed by atoms with E-state index in [2.05, 4.69) is 17.2 Å². The van der Waals surface area contributed by atoms with Gasteiger partial charge in [0.15, 0.2) is 0 Å². The molecule has 1 aromatic carbocycles. The number of aryl methyl sites for hydroxylation is 3. The molecule has 1 aliphatic rings. The number of hydrogen-bond acceptors (Lipinski definition) is 3. The van der Waals surface area contributed by atoms with E-state index in [0.717, 1.165) is 17.8 Å². The van der Waals surface area contributed by atoms with E-state index in [-0.39, 0.29) is 12.1 Å². The predicted molar refractivity (Wildman–Crippen MR) is 94.5 cm³/mol. The van der Waals surface area contributed by atoms with E-state index in [1.165, 1.54) is 11.1 Å². The summed E-state index contributed by atoms with van der Waals surface area (Å²) in [6, 6.07) is 11.6. The average Bonchev–Trinajstić information content (AvgIpc) is 2.99. The number of urea groups is 1. The molecule has 0 radical (unpaired) electrons. The zero-order chi connectivity index (χ0) is 17.1. The third-order valence-corrected chi connectivity index (χ3v) is 4.34. The van der Waals surface area contributed by atoms with E-state index >= 15 is 0 Å². The molecular weight excluding hydrogens is 302 g/mol. The van der Waals surface area contributed by atoms with Crippen LogP contribution in [0.25, 0.3) is 0 Å². The highest BCUT2D eigenvalue weighted by Crippen LogP contribution is 2.19. The van der Waals surface area contributed by atoms with E-state index in [1.807, 2.05) is 50.2 Å². The first-order chi connectivity index (χ1) is 11.5. The van der Waals surface area contributed by atoms with E-state index in [1.54, 1.807) is 4.90 Å². The van der Waals surface area contributed by atoms with Crippen molar-refractivity contribution < 1.29 is 9.53 Å². The van der Waals surface area contributed by atoms with Gasteiger partial charge in [0.25, 0.3) is 0 Å². The number of ether oxygens (including phenoxy) is 1. The second-order valence-electron chi connectivity index (χ2n) is 6.32. The number of aromatic nitrogens is 1. The Hall–Kier alpha value is -2.56. The van der Waals surface area contributed by atoms with Gasteiger partial charge in [0.1, 0.15) is 6.10 Å². The Morgan fingerprint density at radius 1 is 1.21 bits per heavy atom. The summed E-state index contributed by atoms with van der Waals surface area (Å²) in [7, 11) is 0. The van der Waals surface area contributed by atoms with Crippen LogP contribution < -0.4 is 10.1 Å². The van der Waals surface area contributed by atoms with Gasteiger partial charge in [-0.05, 0) is 50.1 Å². The topological polar surface area (TPSA) is 54.5 Å². The highest BCUT2D eigenvalue weighted by Gasteiger charge is 2.28. The van der Waals surface area contributed by atoms with Crippen molar-refractivity contribution in [2.24, 2.45) is 0 Å². The minimum Gasteiger partial charge on any atom is -0.472 e. The molecule has 0 aliphatic carbocycles. The summed E-state index contributed by atoms with van der Waals surface area (Å²) in [6.45, 7) is 7.30. The number of benzene rings is 1. The number of amides is 2. The molecule has 1 aliphatic heterocycles. The lowest BCUT2D eigenvalue weighted by Crippen LogP contribution is -2.34. The van der Waals surface area contributed by atoms with Crippen LogP contribution in [0.3, 0.4) is 0 Å². The first-order valence-electron chi connectivity index (χ1n) is 8.25. The van der Waals surface area contributed by atoms with Gasteiger partial charge < -0.3 is 15.0 Å². The third kappa shape index (κ3) is 3.85. The summed E-state index contributed by atoms with van der Waals surface area (Å²) in [5.41, 5.74) is 4.14. The molecule has 1 fully saturated rings. The fourth-order valence-electron chi connectivity index (χ4n) is 2.79. The molecule has 0 bridgehead atoms. The van der Waals surface area contributed by atoms with Crippen LogP contribution in [0.5, 0.6) is 5.88 Å². The standard InChI is InChI=1S/C19H23N3O2/c1-13-7-8-16(11-14(13)2)21-19(23)22-10-9-17(12-22)24-18-6-4-5-15(3)20-18/h4-8,11,17H,9-10,12H2,1-3H3,(H,21,23). The average molecular weight is 325 g/mol. The molecule has 2 amide bonds. The van der Waals surface area contributed by atoms with Crippen LogP contribution in [-0.2, 0) is 0 Å². The fraction of sp³-hybridized carbons (Fsp3) is 0.368. The second-order valence-corrected chi connectivity index (χ2v) is 6.32. The molecule has 24 heavy (non-hydrogen) atoms. The van der Waals surface area contributed by atoms with Crippen molar-refractivity contribution in [2.75, 3.05) is 18.4 Å². The zero-order valence-corrected chi connectivity index (χ0v) is 14.4. The van der Waals surface area contributed by atoms with Gasteiger partial charge in [-0.15, -0.1) is 0 Å². The van der Waals surface area contributed by atoms with Crippen LogP contribution in [0.1, 0.15) is 23.2 Å². The van der Waals surface area contributed by atoms with Gasteiger partial charge in [-0.25, -0.2) is 9.78 Å². The van der Waals surface area contributed by atoms with Gasteiger partial charge in [0.05, 0.1) is 6.54 Å². The lowest BCUT2D eigenvalue weighted by atomic mass is 10.1. The van der Waals surface area contributed by atoms with E-state index in [4.69, 9.17) is 4.74 Å². The highest BCUT2D eigenvalue weighted by atomic mass is 16.5. The van der Waals surface area contributed by atoms with Crippen LogP contribution >= 0.6 is 0 Å². The van der Waals surface area contributed by atoms with Crippen LogP contribution in [0, 0.1) is 20.8 Å². The van der Waals surface area contributed by atoms with E-state index in [0.29, 0.717) is 19.0 Å². The van der Waals surface area contributed by atoms with Gasteiger partial charge in [0, 0.05) is 30.4 Å². The summed E-state index contributed by atoms with van der Waals surface area (Å²) < 4.78 is 5.89. The van der Waals surface area contributed by atoms with Crippen molar-refractivity contribution in [2.45, 2.75) is 33.3 Å². The van der Waals surface area contributed by atoms with Gasteiger partial charge in [-0.3, -0.25) is 0 Å². The molecule has 2 aromatic rings. The Balaban J connectivity index is 1.56. The number of pyridine rings is 1. The van der Waals surface area contributed by atoms with E-state index < -0.39 is 0 Å². The number of anilines is 1. The Labute approximate surface area is 142 Å². The lowest BCUT2D eigenvalue weighted by Gasteiger charge is -2.18. The lowest BCUT2D eigenvalue weighted by molar-refractivity contribution is 0.189. The molecule has 1 aromatic heterocycles. The summed E-state index contributed by atoms with van der Waals surface area (Å²) in [5.74, 6) is 0.622. The van der Waals surface area contributed by atoms with Crippen molar-refractivity contribution >= 4 is 11.7 Å². The Morgan fingerprint density at radius 2 is 2.04 bits per heavy atom. The van der Waals surface area contributed by atoms with Gasteiger partial charge >= 0.3 is 6.03 Å². The monoisotopic (exact) mass is 325 g/mol. The van der Waals surface area contributed by atoms with Crippen molar-refractivity contribution in [1.82, 2.24) is 9.88 Å². The minimum absolute atomic E-state index is 0.00944. The Morgan fingerprint density at radius 3 is 2.79 bits per heavy atom. The maximum absolute atomic E-state index is 12.4. The maximum atomic E-state index is 12.4. The molecule has 1 N–H and O–H groups in total. The van der Waals surface area contributed by atoms with Crippen LogP contribution in [0.15, 0.2) is 36.4 Å². The predicted octanol–water partition coefficient (Wildman–Crippen LogP) is 3.69. The highest BCUT2D eigenvalue weighted by molar-refractivity contribution is 5.89. The first kappa shape index (κ1) is 16.3. The minimum atomic E-state index is -0.0819. The number of hydrogen-bond donors (Lipinski definition) is 1. The number of carbonyl (C=O) groups is 1. The molecular formula is C19H23N3O2. The number of nitrogens with one attached hydrogen (secondary N) is 1. The third-order valence-electron chi connectivity index (χ3n) is 4.34. The zero-order valence-electron chi connectivity index (χ0n) is 14.4. The summed E-state index contributed by atoms with van der Waals surface area (Å²) in [5, 5.41) is 2.96. The molecule has 0 saturated carbocycles. The summed E-state index contributed by atoms with van der Waals surface area (Å²) in [4.78, 5) is 18.5.